The Morgan fingerprint density at radius 2 is 2.07 bits per heavy atom. The summed E-state index contributed by atoms with van der Waals surface area (Å²) in [4.78, 5) is 8.71. The molecule has 4 rings (SSSR count). The summed E-state index contributed by atoms with van der Waals surface area (Å²) < 4.78 is 36.5. The predicted molar refractivity (Wildman–Crippen MR) is 103 cm³/mol. The first-order valence-electron chi connectivity index (χ1n) is 9.34. The van der Waals surface area contributed by atoms with E-state index in [1.807, 2.05) is 24.5 Å². The van der Waals surface area contributed by atoms with Gasteiger partial charge in [-0.3, -0.25) is 4.98 Å². The molecule has 1 aliphatic carbocycles. The third-order valence-corrected chi connectivity index (χ3v) is 6.66. The van der Waals surface area contributed by atoms with E-state index in [1.54, 1.807) is 25.4 Å². The Morgan fingerprint density at radius 3 is 2.71 bits per heavy atom. The van der Waals surface area contributed by atoms with Crippen LogP contribution in [0.4, 0.5) is 0 Å². The standard InChI is InChI=1S/C19H23N5O3S/c1-4-24-12(2)16(19-22-18(23-27-19)15-7-8-15)17(13(24)3)28(25,26)21-11-14-6-5-9-20-10-14/h5-6,9-10,15,21H,4,7-8,11H2,1-3H3. The van der Waals surface area contributed by atoms with Crippen LogP contribution in [0.5, 0.6) is 0 Å². The van der Waals surface area contributed by atoms with Gasteiger partial charge in [-0.25, -0.2) is 13.1 Å². The van der Waals surface area contributed by atoms with Crippen LogP contribution in [0.15, 0.2) is 33.9 Å². The fourth-order valence-corrected chi connectivity index (χ4v) is 5.01. The molecule has 28 heavy (non-hydrogen) atoms. The second-order valence-corrected chi connectivity index (χ2v) is 8.74. The maximum atomic E-state index is 13.2. The van der Waals surface area contributed by atoms with Crippen LogP contribution in [0.1, 0.15) is 48.5 Å². The van der Waals surface area contributed by atoms with Gasteiger partial charge in [-0.05, 0) is 45.2 Å². The molecule has 0 aromatic carbocycles. The molecule has 0 unspecified atom stereocenters. The summed E-state index contributed by atoms with van der Waals surface area (Å²) in [6.45, 7) is 6.46. The highest BCUT2D eigenvalue weighted by Crippen LogP contribution is 2.40. The van der Waals surface area contributed by atoms with E-state index < -0.39 is 10.0 Å². The van der Waals surface area contributed by atoms with Crippen LogP contribution < -0.4 is 4.72 Å². The molecule has 0 saturated heterocycles. The Labute approximate surface area is 164 Å². The van der Waals surface area contributed by atoms with Crippen molar-refractivity contribution in [3.05, 3.63) is 47.3 Å². The zero-order chi connectivity index (χ0) is 19.9. The highest BCUT2D eigenvalue weighted by atomic mass is 32.2. The summed E-state index contributed by atoms with van der Waals surface area (Å²) in [6, 6.07) is 3.60. The molecule has 0 atom stereocenters. The van der Waals surface area contributed by atoms with Crippen molar-refractivity contribution in [3.8, 4) is 11.5 Å². The first kappa shape index (κ1) is 18.8. The number of pyridine rings is 1. The van der Waals surface area contributed by atoms with Crippen LogP contribution in [0, 0.1) is 13.8 Å². The van der Waals surface area contributed by atoms with Crippen molar-refractivity contribution in [2.75, 3.05) is 0 Å². The molecule has 0 spiro atoms. The number of nitrogens with one attached hydrogen (secondary N) is 1. The molecule has 1 aliphatic rings. The molecular formula is C19H23N5O3S. The lowest BCUT2D eigenvalue weighted by molar-refractivity contribution is 0.421. The summed E-state index contributed by atoms with van der Waals surface area (Å²) in [5, 5.41) is 4.06. The predicted octanol–water partition coefficient (Wildman–Crippen LogP) is 2.93. The van der Waals surface area contributed by atoms with Crippen molar-refractivity contribution in [3.63, 3.8) is 0 Å². The number of aromatic nitrogens is 4. The first-order valence-corrected chi connectivity index (χ1v) is 10.8. The Kier molecular flexibility index (Phi) is 4.80. The molecule has 0 aliphatic heterocycles. The van der Waals surface area contributed by atoms with Crippen LogP contribution in [-0.2, 0) is 23.1 Å². The molecule has 0 bridgehead atoms. The topological polar surface area (TPSA) is 103 Å². The van der Waals surface area contributed by atoms with Crippen LogP contribution in [0.3, 0.4) is 0 Å². The average Bonchev–Trinajstić information content (AvgIpc) is 3.36. The Balaban J connectivity index is 1.76. The molecule has 148 valence electrons. The third-order valence-electron chi connectivity index (χ3n) is 5.10. The van der Waals surface area contributed by atoms with Gasteiger partial charge in [-0.2, -0.15) is 4.98 Å². The molecule has 1 fully saturated rings. The van der Waals surface area contributed by atoms with E-state index in [9.17, 15) is 8.42 Å². The fourth-order valence-electron chi connectivity index (χ4n) is 3.51. The molecule has 3 aromatic heterocycles. The highest BCUT2D eigenvalue weighted by Gasteiger charge is 2.33. The molecule has 0 amide bonds. The van der Waals surface area contributed by atoms with Gasteiger partial charge in [0.1, 0.15) is 4.90 Å². The van der Waals surface area contributed by atoms with Crippen LogP contribution in [-0.4, -0.2) is 28.1 Å². The van der Waals surface area contributed by atoms with Crippen LogP contribution in [0.25, 0.3) is 11.5 Å². The second kappa shape index (κ2) is 7.14. The Morgan fingerprint density at radius 1 is 1.29 bits per heavy atom. The molecule has 1 N–H and O–H groups in total. The van der Waals surface area contributed by atoms with Gasteiger partial charge in [-0.15, -0.1) is 0 Å². The largest absolute Gasteiger partial charge is 0.347 e. The van der Waals surface area contributed by atoms with Gasteiger partial charge in [0.25, 0.3) is 5.89 Å². The molecule has 9 heteroatoms. The smallest absolute Gasteiger partial charge is 0.261 e. The third kappa shape index (κ3) is 3.35. The van der Waals surface area contributed by atoms with E-state index >= 15 is 0 Å². The zero-order valence-electron chi connectivity index (χ0n) is 16.1. The van der Waals surface area contributed by atoms with E-state index in [0.29, 0.717) is 29.5 Å². The highest BCUT2D eigenvalue weighted by molar-refractivity contribution is 7.89. The van der Waals surface area contributed by atoms with Crippen molar-refractivity contribution in [1.82, 2.24) is 24.4 Å². The van der Waals surface area contributed by atoms with Gasteiger partial charge in [0.05, 0.1) is 5.56 Å². The van der Waals surface area contributed by atoms with Gasteiger partial charge in [0.2, 0.25) is 10.0 Å². The lowest BCUT2D eigenvalue weighted by Gasteiger charge is -2.08. The lowest BCUT2D eigenvalue weighted by Crippen LogP contribution is -2.24. The van der Waals surface area contributed by atoms with Crippen molar-refractivity contribution < 1.29 is 12.9 Å². The van der Waals surface area contributed by atoms with Crippen LogP contribution >= 0.6 is 0 Å². The van der Waals surface area contributed by atoms with Gasteiger partial charge in [0, 0.05) is 42.8 Å². The van der Waals surface area contributed by atoms with E-state index in [-0.39, 0.29) is 17.3 Å². The molecule has 3 aromatic rings. The number of sulfonamides is 1. The lowest BCUT2D eigenvalue weighted by atomic mass is 10.2. The molecule has 0 radical (unpaired) electrons. The van der Waals surface area contributed by atoms with E-state index in [4.69, 9.17) is 4.52 Å². The summed E-state index contributed by atoms with van der Waals surface area (Å²) in [6.07, 6.45) is 5.38. The summed E-state index contributed by atoms with van der Waals surface area (Å²) in [5.74, 6) is 1.25. The minimum absolute atomic E-state index is 0.155. The average molecular weight is 401 g/mol. The molecular weight excluding hydrogens is 378 g/mol. The van der Waals surface area contributed by atoms with Gasteiger partial charge in [-0.1, -0.05) is 11.2 Å². The summed E-state index contributed by atoms with van der Waals surface area (Å²) in [7, 11) is -3.80. The normalized spacial score (nSPS) is 14.5. The van der Waals surface area contributed by atoms with E-state index in [2.05, 4.69) is 19.8 Å². The Bertz CT molecular complexity index is 1100. The number of hydrogen-bond acceptors (Lipinski definition) is 6. The monoisotopic (exact) mass is 401 g/mol. The van der Waals surface area contributed by atoms with E-state index in [1.165, 1.54) is 0 Å². The number of hydrogen-bond donors (Lipinski definition) is 1. The second-order valence-electron chi connectivity index (χ2n) is 7.04. The fraction of sp³-hybridized carbons (Fsp3) is 0.421. The van der Waals surface area contributed by atoms with Crippen molar-refractivity contribution >= 4 is 10.0 Å². The first-order chi connectivity index (χ1) is 13.4. The SMILES string of the molecule is CCn1c(C)c(-c2nc(C3CC3)no2)c(S(=O)(=O)NCc2cccnc2)c1C. The van der Waals surface area contributed by atoms with Crippen LogP contribution in [0.2, 0.25) is 0 Å². The maximum Gasteiger partial charge on any atom is 0.261 e. The Hall–Kier alpha value is -2.52. The van der Waals surface area contributed by atoms with Gasteiger partial charge >= 0.3 is 0 Å². The molecule has 3 heterocycles. The number of nitrogens with zero attached hydrogens (tertiary/aromatic N) is 4. The maximum absolute atomic E-state index is 13.2. The molecule has 8 nitrogen and oxygen atoms in total. The van der Waals surface area contributed by atoms with E-state index in [0.717, 1.165) is 24.1 Å². The molecule has 1 saturated carbocycles. The minimum Gasteiger partial charge on any atom is -0.347 e. The zero-order valence-corrected chi connectivity index (χ0v) is 17.0. The van der Waals surface area contributed by atoms with Crippen molar-refractivity contribution in [1.29, 1.82) is 0 Å². The minimum atomic E-state index is -3.80. The number of rotatable bonds is 7. The van der Waals surface area contributed by atoms with Gasteiger partial charge < -0.3 is 9.09 Å². The van der Waals surface area contributed by atoms with Crippen molar-refractivity contribution in [2.45, 2.75) is 57.5 Å². The summed E-state index contributed by atoms with van der Waals surface area (Å²) >= 11 is 0. The van der Waals surface area contributed by atoms with Crippen molar-refractivity contribution in [2.24, 2.45) is 0 Å². The van der Waals surface area contributed by atoms with Gasteiger partial charge in [0.15, 0.2) is 5.82 Å². The summed E-state index contributed by atoms with van der Waals surface area (Å²) in [5.41, 5.74) is 2.72. The quantitative estimate of drug-likeness (QED) is 0.653.